The lowest BCUT2D eigenvalue weighted by Crippen LogP contribution is -2.58. The Morgan fingerprint density at radius 1 is 0.633 bits per heavy atom. The van der Waals surface area contributed by atoms with Crippen LogP contribution >= 0.6 is 0 Å². The number of carbonyl (C=O) groups excluding carboxylic acids is 5. The summed E-state index contributed by atoms with van der Waals surface area (Å²) in [7, 11) is 0. The van der Waals surface area contributed by atoms with Gasteiger partial charge in [0.15, 0.2) is 37.0 Å². The van der Waals surface area contributed by atoms with Crippen LogP contribution in [-0.2, 0) is 47.5 Å². The van der Waals surface area contributed by atoms with Crippen molar-refractivity contribution in [2.24, 2.45) is 0 Å². The van der Waals surface area contributed by atoms with E-state index in [4.69, 9.17) is 37.9 Å². The van der Waals surface area contributed by atoms with Crippen LogP contribution in [-0.4, -0.2) is 97.4 Å². The molecule has 3 aromatic carbocycles. The van der Waals surface area contributed by atoms with Gasteiger partial charge < -0.3 is 43.0 Å². The Morgan fingerprint density at radius 2 is 1.10 bits per heavy atom. The second-order valence-electron chi connectivity index (χ2n) is 11.0. The Balaban J connectivity index is 1.47. The fraction of sp³-hybridized carbons (Fsp3) is 0.343. The summed E-state index contributed by atoms with van der Waals surface area (Å²) in [5.41, 5.74) is 0.579. The molecule has 2 saturated heterocycles. The summed E-state index contributed by atoms with van der Waals surface area (Å²) in [6.45, 7) is 1.34. The molecule has 0 bridgehead atoms. The number of carbonyl (C=O) groups is 5. The first-order valence-corrected chi connectivity index (χ1v) is 15.3. The van der Waals surface area contributed by atoms with Gasteiger partial charge in [-0.3, -0.25) is 9.59 Å². The zero-order valence-electron chi connectivity index (χ0n) is 26.4. The van der Waals surface area contributed by atoms with Crippen molar-refractivity contribution in [3.63, 3.8) is 0 Å². The monoisotopic (exact) mass is 678 g/mol. The van der Waals surface area contributed by atoms with Gasteiger partial charge in [0.05, 0.1) is 23.3 Å². The minimum absolute atomic E-state index is 0.158. The molecular formula is C35H34O14. The zero-order valence-corrected chi connectivity index (χ0v) is 26.4. The van der Waals surface area contributed by atoms with Gasteiger partial charge in [0.25, 0.3) is 0 Å². The van der Waals surface area contributed by atoms with Gasteiger partial charge in [0.2, 0.25) is 0 Å². The van der Waals surface area contributed by atoms with E-state index in [2.05, 4.69) is 0 Å². The molecule has 5 rings (SSSR count). The molecule has 0 radical (unpaired) electrons. The Morgan fingerprint density at radius 3 is 1.61 bits per heavy atom. The van der Waals surface area contributed by atoms with Crippen LogP contribution in [0.1, 0.15) is 44.9 Å². The second kappa shape index (κ2) is 16.3. The number of hydrogen-bond donors (Lipinski definition) is 1. The maximum absolute atomic E-state index is 13.4. The van der Waals surface area contributed by atoms with E-state index in [0.717, 1.165) is 13.8 Å². The Hall–Kier alpha value is -5.15. The van der Waals surface area contributed by atoms with E-state index in [1.807, 2.05) is 0 Å². The van der Waals surface area contributed by atoms with Gasteiger partial charge >= 0.3 is 29.8 Å². The van der Waals surface area contributed by atoms with Crippen molar-refractivity contribution in [1.29, 1.82) is 0 Å². The highest BCUT2D eigenvalue weighted by atomic mass is 16.8. The summed E-state index contributed by atoms with van der Waals surface area (Å²) in [6, 6.07) is 24.1. The molecule has 2 fully saturated rings. The van der Waals surface area contributed by atoms with E-state index < -0.39 is 92.3 Å². The van der Waals surface area contributed by atoms with Crippen molar-refractivity contribution < 1.29 is 67.0 Å². The predicted octanol–water partition coefficient (Wildman–Crippen LogP) is 2.62. The number of hydrogen-bond acceptors (Lipinski definition) is 14. The molecule has 0 unspecified atom stereocenters. The van der Waals surface area contributed by atoms with E-state index in [9.17, 15) is 29.1 Å². The first kappa shape index (κ1) is 35.2. The minimum Gasteiger partial charge on any atom is -0.459 e. The highest BCUT2D eigenvalue weighted by molar-refractivity contribution is 5.91. The lowest BCUT2D eigenvalue weighted by atomic mass is 10.0. The first-order valence-electron chi connectivity index (χ1n) is 15.3. The van der Waals surface area contributed by atoms with Gasteiger partial charge in [-0.1, -0.05) is 54.6 Å². The third kappa shape index (κ3) is 9.06. The third-order valence-corrected chi connectivity index (χ3v) is 7.48. The van der Waals surface area contributed by atoms with E-state index in [-0.39, 0.29) is 16.7 Å². The third-order valence-electron chi connectivity index (χ3n) is 7.48. The fourth-order valence-corrected chi connectivity index (χ4v) is 5.25. The molecule has 14 nitrogen and oxygen atoms in total. The molecule has 2 heterocycles. The van der Waals surface area contributed by atoms with Gasteiger partial charge in [-0.25, -0.2) is 14.4 Å². The average molecular weight is 679 g/mol. The number of benzene rings is 3. The van der Waals surface area contributed by atoms with Crippen LogP contribution in [0.4, 0.5) is 0 Å². The molecule has 0 spiro atoms. The molecule has 1 N–H and O–H groups in total. The van der Waals surface area contributed by atoms with Crippen LogP contribution in [0.3, 0.4) is 0 Å². The van der Waals surface area contributed by atoms with Gasteiger partial charge in [-0.15, -0.1) is 0 Å². The molecule has 0 aliphatic carbocycles. The quantitative estimate of drug-likeness (QED) is 0.231. The number of aliphatic hydroxyl groups is 1. The van der Waals surface area contributed by atoms with Gasteiger partial charge in [-0.2, -0.15) is 0 Å². The molecule has 8 atom stereocenters. The van der Waals surface area contributed by atoms with Crippen LogP contribution in [0.25, 0.3) is 0 Å². The molecule has 0 aromatic heterocycles. The number of ether oxygens (including phenoxy) is 8. The smallest absolute Gasteiger partial charge is 0.338 e. The van der Waals surface area contributed by atoms with E-state index in [1.54, 1.807) is 66.7 Å². The molecule has 2 aliphatic rings. The Kier molecular flexibility index (Phi) is 11.7. The van der Waals surface area contributed by atoms with Crippen LogP contribution in [0.15, 0.2) is 91.0 Å². The molecular weight excluding hydrogens is 644 g/mol. The van der Waals surface area contributed by atoms with Gasteiger partial charge in [0.1, 0.15) is 18.8 Å². The summed E-state index contributed by atoms with van der Waals surface area (Å²) < 4.78 is 45.5. The summed E-state index contributed by atoms with van der Waals surface area (Å²) in [5, 5.41) is 10.4. The second-order valence-corrected chi connectivity index (χ2v) is 11.0. The SMILES string of the molecule is CC(=O)O[C@H]1[C@H](OC(C)=O)[C@@H](O[C@@H]2O[C@H](COC(=O)c3ccccc3)[C@H](OC(=O)c3ccccc3)[C@@H]2OC(=O)c2ccccc2)CO[C@H]1O. The van der Waals surface area contributed by atoms with E-state index >= 15 is 0 Å². The van der Waals surface area contributed by atoms with Crippen LogP contribution in [0, 0.1) is 0 Å². The molecule has 258 valence electrons. The summed E-state index contributed by atoms with van der Waals surface area (Å²) in [4.78, 5) is 63.5. The topological polar surface area (TPSA) is 179 Å². The standard InChI is InChI=1S/C35H34O14/c1-20(36)44-27-25(19-43-34(41)29(27)45-21(2)37)46-35-30(49-33(40)24-16-10-5-11-17-24)28(48-32(39)23-14-8-4-9-15-23)26(47-35)18-42-31(38)22-12-6-3-7-13-22/h3-17,25-30,34-35,41H,18-19H2,1-2H3/t25-,26+,27+,28-,29-,30-,34+,35+/m0/s1. The lowest BCUT2D eigenvalue weighted by Gasteiger charge is -2.40. The number of aliphatic hydroxyl groups excluding tert-OH is 1. The molecule has 2 aliphatic heterocycles. The number of rotatable bonds is 11. The van der Waals surface area contributed by atoms with Crippen molar-refractivity contribution >= 4 is 29.8 Å². The molecule has 49 heavy (non-hydrogen) atoms. The minimum atomic E-state index is -1.67. The molecule has 0 saturated carbocycles. The van der Waals surface area contributed by atoms with Crippen molar-refractivity contribution in [1.82, 2.24) is 0 Å². The largest absolute Gasteiger partial charge is 0.459 e. The molecule has 14 heteroatoms. The Bertz CT molecular complexity index is 1600. The van der Waals surface area contributed by atoms with Gasteiger partial charge in [0, 0.05) is 13.8 Å². The summed E-state index contributed by atoms with van der Waals surface area (Å²) >= 11 is 0. The number of esters is 5. The predicted molar refractivity (Wildman–Crippen MR) is 165 cm³/mol. The molecule has 3 aromatic rings. The first-order chi connectivity index (χ1) is 23.6. The maximum Gasteiger partial charge on any atom is 0.338 e. The zero-order chi connectivity index (χ0) is 34.9. The highest BCUT2D eigenvalue weighted by Crippen LogP contribution is 2.33. The van der Waals surface area contributed by atoms with Gasteiger partial charge in [-0.05, 0) is 36.4 Å². The van der Waals surface area contributed by atoms with E-state index in [1.165, 1.54) is 24.3 Å². The normalized spacial score (nSPS) is 26.2. The lowest BCUT2D eigenvalue weighted by molar-refractivity contribution is -0.297. The van der Waals surface area contributed by atoms with Crippen molar-refractivity contribution in [2.45, 2.75) is 63.1 Å². The van der Waals surface area contributed by atoms with Crippen LogP contribution in [0.5, 0.6) is 0 Å². The van der Waals surface area contributed by atoms with Crippen LogP contribution in [0.2, 0.25) is 0 Å². The highest BCUT2D eigenvalue weighted by Gasteiger charge is 2.54. The Labute approximate surface area is 280 Å². The summed E-state index contributed by atoms with van der Waals surface area (Å²) in [6.07, 6.45) is -11.5. The maximum atomic E-state index is 13.4. The summed E-state index contributed by atoms with van der Waals surface area (Å²) in [5.74, 6) is -3.91. The average Bonchev–Trinajstić information content (AvgIpc) is 3.41. The van der Waals surface area contributed by atoms with Crippen molar-refractivity contribution in [3.8, 4) is 0 Å². The van der Waals surface area contributed by atoms with Crippen LogP contribution < -0.4 is 0 Å². The fourth-order valence-electron chi connectivity index (χ4n) is 5.25. The van der Waals surface area contributed by atoms with Crippen molar-refractivity contribution in [3.05, 3.63) is 108 Å². The van der Waals surface area contributed by atoms with E-state index in [0.29, 0.717) is 0 Å². The van der Waals surface area contributed by atoms with Crippen molar-refractivity contribution in [2.75, 3.05) is 13.2 Å². The molecule has 0 amide bonds.